The first-order valence-electron chi connectivity index (χ1n) is 9.50. The molecule has 0 aliphatic carbocycles. The second-order valence-corrected chi connectivity index (χ2v) is 7.12. The van der Waals surface area contributed by atoms with Crippen LogP contribution in [0.1, 0.15) is 51.8 Å². The van der Waals surface area contributed by atoms with Crippen molar-refractivity contribution in [2.45, 2.75) is 31.8 Å². The van der Waals surface area contributed by atoms with Gasteiger partial charge in [0.2, 0.25) is 0 Å². The standard InChI is InChI=1S/C21H17N5O3/c27-18-11-16(15-8-9-22-12-23-15)24-19-17(7-3-4-10-25(18)19)26-20(28)13-5-1-2-6-14(13)21(26)29/h1-2,5-6,8-9,11-12,17H,3-4,7,10H2/t17-/m1/s1. The molecular weight excluding hydrogens is 370 g/mol. The van der Waals surface area contributed by atoms with Crippen molar-refractivity contribution >= 4 is 11.8 Å². The maximum absolute atomic E-state index is 13.0. The van der Waals surface area contributed by atoms with E-state index in [2.05, 4.69) is 15.0 Å². The van der Waals surface area contributed by atoms with Crippen LogP contribution < -0.4 is 5.56 Å². The molecule has 1 aromatic carbocycles. The zero-order valence-electron chi connectivity index (χ0n) is 15.5. The quantitative estimate of drug-likeness (QED) is 0.626. The molecule has 0 unspecified atom stereocenters. The number of amides is 2. The third-order valence-electron chi connectivity index (χ3n) is 5.43. The number of aromatic nitrogens is 4. The van der Waals surface area contributed by atoms with Crippen LogP contribution in [0.15, 0.2) is 53.7 Å². The van der Waals surface area contributed by atoms with Crippen molar-refractivity contribution in [2.75, 3.05) is 0 Å². The Labute approximate surface area is 165 Å². The van der Waals surface area contributed by atoms with E-state index in [0.717, 1.165) is 12.8 Å². The number of hydrogen-bond donors (Lipinski definition) is 0. The van der Waals surface area contributed by atoms with Crippen LogP contribution in [0.2, 0.25) is 0 Å². The van der Waals surface area contributed by atoms with Crippen molar-refractivity contribution in [3.8, 4) is 11.4 Å². The first kappa shape index (κ1) is 17.4. The summed E-state index contributed by atoms with van der Waals surface area (Å²) >= 11 is 0. The summed E-state index contributed by atoms with van der Waals surface area (Å²) in [7, 11) is 0. The maximum atomic E-state index is 13.0. The van der Waals surface area contributed by atoms with Crippen LogP contribution in [0.5, 0.6) is 0 Å². The van der Waals surface area contributed by atoms with Crippen LogP contribution in [-0.4, -0.2) is 36.2 Å². The van der Waals surface area contributed by atoms with Crippen molar-refractivity contribution in [1.29, 1.82) is 0 Å². The summed E-state index contributed by atoms with van der Waals surface area (Å²) in [6, 6.07) is 9.31. The van der Waals surface area contributed by atoms with Crippen molar-refractivity contribution < 1.29 is 9.59 Å². The van der Waals surface area contributed by atoms with Gasteiger partial charge in [0.15, 0.2) is 0 Å². The maximum Gasteiger partial charge on any atom is 0.262 e. The summed E-state index contributed by atoms with van der Waals surface area (Å²) in [5, 5.41) is 0. The molecule has 8 nitrogen and oxygen atoms in total. The number of rotatable bonds is 2. The lowest BCUT2D eigenvalue weighted by Gasteiger charge is -2.26. The summed E-state index contributed by atoms with van der Waals surface area (Å²) in [4.78, 5) is 52.9. The van der Waals surface area contributed by atoms with Crippen LogP contribution in [0.25, 0.3) is 11.4 Å². The van der Waals surface area contributed by atoms with Gasteiger partial charge in [-0.15, -0.1) is 0 Å². The summed E-state index contributed by atoms with van der Waals surface area (Å²) < 4.78 is 1.58. The Kier molecular flexibility index (Phi) is 4.04. The van der Waals surface area contributed by atoms with Gasteiger partial charge in [0.05, 0.1) is 28.6 Å². The zero-order valence-corrected chi connectivity index (χ0v) is 15.5. The van der Waals surface area contributed by atoms with Crippen LogP contribution >= 0.6 is 0 Å². The number of carbonyl (C=O) groups excluding carboxylic acids is 2. The van der Waals surface area contributed by atoms with E-state index in [0.29, 0.717) is 41.3 Å². The highest BCUT2D eigenvalue weighted by atomic mass is 16.2. The molecule has 2 amide bonds. The average Bonchev–Trinajstić information content (AvgIpc) is 2.89. The zero-order chi connectivity index (χ0) is 20.0. The van der Waals surface area contributed by atoms with Gasteiger partial charge in [-0.05, 0) is 37.5 Å². The molecule has 4 heterocycles. The van der Waals surface area contributed by atoms with Gasteiger partial charge >= 0.3 is 0 Å². The molecule has 0 fully saturated rings. The molecule has 0 N–H and O–H groups in total. The van der Waals surface area contributed by atoms with Crippen LogP contribution in [0.3, 0.4) is 0 Å². The number of carbonyl (C=O) groups is 2. The van der Waals surface area contributed by atoms with E-state index in [4.69, 9.17) is 0 Å². The van der Waals surface area contributed by atoms with E-state index in [1.54, 1.807) is 41.1 Å². The van der Waals surface area contributed by atoms with Gasteiger partial charge in [0.25, 0.3) is 17.4 Å². The second-order valence-electron chi connectivity index (χ2n) is 7.12. The summed E-state index contributed by atoms with van der Waals surface area (Å²) in [5.74, 6) is -0.255. The molecule has 5 rings (SSSR count). The number of benzene rings is 1. The van der Waals surface area contributed by atoms with Crippen molar-refractivity contribution in [3.05, 3.63) is 76.2 Å². The fraction of sp³-hybridized carbons (Fsp3) is 0.238. The molecule has 0 spiro atoms. The minimum Gasteiger partial charge on any atom is -0.295 e. The second kappa shape index (κ2) is 6.73. The minimum atomic E-state index is -0.598. The van der Waals surface area contributed by atoms with Crippen molar-refractivity contribution in [2.24, 2.45) is 0 Å². The van der Waals surface area contributed by atoms with Gasteiger partial charge in [-0.1, -0.05) is 12.1 Å². The lowest BCUT2D eigenvalue weighted by atomic mass is 10.1. The normalized spacial score (nSPS) is 18.3. The molecule has 1 atom stereocenters. The Morgan fingerprint density at radius 1 is 0.931 bits per heavy atom. The Morgan fingerprint density at radius 2 is 1.69 bits per heavy atom. The van der Waals surface area contributed by atoms with Crippen molar-refractivity contribution in [1.82, 2.24) is 24.4 Å². The third kappa shape index (κ3) is 2.75. The summed E-state index contributed by atoms with van der Waals surface area (Å²) in [6.07, 6.45) is 5.09. The molecule has 0 saturated heterocycles. The highest BCUT2D eigenvalue weighted by molar-refractivity contribution is 6.21. The van der Waals surface area contributed by atoms with E-state index in [-0.39, 0.29) is 17.4 Å². The molecule has 3 aromatic rings. The number of imide groups is 1. The van der Waals surface area contributed by atoms with Crippen LogP contribution in [0, 0.1) is 0 Å². The predicted octanol–water partition coefficient (Wildman–Crippen LogP) is 2.22. The Hall–Kier alpha value is -3.68. The van der Waals surface area contributed by atoms with Crippen LogP contribution in [0.4, 0.5) is 0 Å². The third-order valence-corrected chi connectivity index (χ3v) is 5.43. The molecule has 0 bridgehead atoms. The lowest BCUT2D eigenvalue weighted by Crippen LogP contribution is -2.37. The first-order valence-corrected chi connectivity index (χ1v) is 9.50. The van der Waals surface area contributed by atoms with Gasteiger partial charge in [0.1, 0.15) is 12.2 Å². The topological polar surface area (TPSA) is 98.1 Å². The highest BCUT2D eigenvalue weighted by Gasteiger charge is 2.42. The van der Waals surface area contributed by atoms with Gasteiger partial charge in [-0.2, -0.15) is 0 Å². The minimum absolute atomic E-state index is 0.216. The lowest BCUT2D eigenvalue weighted by molar-refractivity contribution is 0.0565. The molecule has 2 aromatic heterocycles. The van der Waals surface area contributed by atoms with Gasteiger partial charge in [0, 0.05) is 18.8 Å². The van der Waals surface area contributed by atoms with Gasteiger partial charge < -0.3 is 0 Å². The Morgan fingerprint density at radius 3 is 2.38 bits per heavy atom. The smallest absolute Gasteiger partial charge is 0.262 e. The van der Waals surface area contributed by atoms with Crippen molar-refractivity contribution in [3.63, 3.8) is 0 Å². The van der Waals surface area contributed by atoms with E-state index < -0.39 is 6.04 Å². The number of hydrogen-bond acceptors (Lipinski definition) is 6. The van der Waals surface area contributed by atoms with E-state index in [1.165, 1.54) is 17.3 Å². The van der Waals surface area contributed by atoms with Gasteiger partial charge in [-0.3, -0.25) is 23.9 Å². The number of nitrogens with zero attached hydrogens (tertiary/aromatic N) is 5. The number of fused-ring (bicyclic) bond motifs is 2. The molecule has 8 heteroatoms. The Balaban J connectivity index is 1.66. The predicted molar refractivity (Wildman–Crippen MR) is 103 cm³/mol. The fourth-order valence-corrected chi connectivity index (χ4v) is 4.05. The summed E-state index contributed by atoms with van der Waals surface area (Å²) in [5.41, 5.74) is 1.50. The van der Waals surface area contributed by atoms with Crippen LogP contribution in [-0.2, 0) is 6.54 Å². The molecule has 144 valence electrons. The molecule has 29 heavy (non-hydrogen) atoms. The van der Waals surface area contributed by atoms with E-state index in [1.807, 2.05) is 0 Å². The monoisotopic (exact) mass is 387 g/mol. The first-order chi connectivity index (χ1) is 14.1. The average molecular weight is 387 g/mol. The molecule has 2 aliphatic rings. The van der Waals surface area contributed by atoms with E-state index >= 15 is 0 Å². The molecule has 2 aliphatic heterocycles. The molecular formula is C21H17N5O3. The Bertz CT molecular complexity index is 1150. The largest absolute Gasteiger partial charge is 0.295 e. The van der Waals surface area contributed by atoms with Gasteiger partial charge in [-0.25, -0.2) is 15.0 Å². The summed E-state index contributed by atoms with van der Waals surface area (Å²) in [6.45, 7) is 0.505. The van der Waals surface area contributed by atoms with E-state index in [9.17, 15) is 14.4 Å². The highest BCUT2D eigenvalue weighted by Crippen LogP contribution is 2.35. The fourth-order valence-electron chi connectivity index (χ4n) is 4.05. The molecule has 0 radical (unpaired) electrons. The molecule has 0 saturated carbocycles. The SMILES string of the molecule is O=C1c2ccccc2C(=O)N1[C@@H]1CCCCn2c1nc(-c1ccncn1)cc2=O.